The van der Waals surface area contributed by atoms with Gasteiger partial charge < -0.3 is 5.32 Å². The first-order valence-corrected chi connectivity index (χ1v) is 7.70. The van der Waals surface area contributed by atoms with E-state index < -0.39 is 0 Å². The molecule has 0 aromatic heterocycles. The maximum absolute atomic E-state index is 3.55. The van der Waals surface area contributed by atoms with Crippen molar-refractivity contribution in [2.45, 2.75) is 38.8 Å². The van der Waals surface area contributed by atoms with Crippen molar-refractivity contribution in [1.29, 1.82) is 0 Å². The Labute approximate surface area is 117 Å². The second kappa shape index (κ2) is 5.26. The van der Waals surface area contributed by atoms with Gasteiger partial charge in [0.05, 0.1) is 0 Å². The highest BCUT2D eigenvalue weighted by Gasteiger charge is 2.37. The van der Waals surface area contributed by atoms with Gasteiger partial charge in [0.15, 0.2) is 0 Å². The fourth-order valence-electron chi connectivity index (χ4n) is 3.86. The smallest absolute Gasteiger partial charge is 0.0481 e. The Hall–Kier alpha value is -0.860. The molecule has 1 heterocycles. The molecule has 19 heavy (non-hydrogen) atoms. The zero-order chi connectivity index (χ0) is 13.4. The summed E-state index contributed by atoms with van der Waals surface area (Å²) in [7, 11) is 2.11. The minimum absolute atomic E-state index is 0.511. The monoisotopic (exact) mass is 258 g/mol. The van der Waals surface area contributed by atoms with Crippen LogP contribution in [0.3, 0.4) is 0 Å². The molecule has 4 unspecified atom stereocenters. The van der Waals surface area contributed by atoms with E-state index in [0.717, 1.165) is 11.8 Å². The van der Waals surface area contributed by atoms with Crippen LogP contribution in [0.15, 0.2) is 24.3 Å². The average Bonchev–Trinajstić information content (AvgIpc) is 2.80. The van der Waals surface area contributed by atoms with E-state index in [4.69, 9.17) is 0 Å². The van der Waals surface area contributed by atoms with Gasteiger partial charge in [-0.05, 0) is 49.4 Å². The number of likely N-dealkylation sites (N-methyl/N-ethyl adjacent to an activating group) is 1. The Morgan fingerprint density at radius 2 is 1.95 bits per heavy atom. The maximum Gasteiger partial charge on any atom is 0.0481 e. The lowest BCUT2D eigenvalue weighted by Crippen LogP contribution is -2.48. The molecular formula is C17H26N2. The molecule has 0 radical (unpaired) electrons. The molecule has 2 nitrogen and oxygen atoms in total. The number of hydrogen-bond acceptors (Lipinski definition) is 2. The van der Waals surface area contributed by atoms with Crippen LogP contribution in [0.2, 0.25) is 0 Å². The molecule has 3 rings (SSSR count). The predicted octanol–water partition coefficient (Wildman–Crippen LogP) is 2.85. The van der Waals surface area contributed by atoms with Crippen LogP contribution in [0.4, 0.5) is 0 Å². The zero-order valence-corrected chi connectivity index (χ0v) is 12.4. The van der Waals surface area contributed by atoms with Gasteiger partial charge in [0.25, 0.3) is 0 Å². The van der Waals surface area contributed by atoms with Gasteiger partial charge in [0, 0.05) is 18.6 Å². The molecule has 0 amide bonds. The van der Waals surface area contributed by atoms with E-state index in [-0.39, 0.29) is 0 Å². The van der Waals surface area contributed by atoms with E-state index in [9.17, 15) is 0 Å². The summed E-state index contributed by atoms with van der Waals surface area (Å²) in [5.74, 6) is 1.71. The van der Waals surface area contributed by atoms with Crippen LogP contribution < -0.4 is 5.32 Å². The van der Waals surface area contributed by atoms with Crippen molar-refractivity contribution in [3.05, 3.63) is 35.4 Å². The molecule has 0 bridgehead atoms. The summed E-state index contributed by atoms with van der Waals surface area (Å²) < 4.78 is 0. The van der Waals surface area contributed by atoms with Crippen molar-refractivity contribution in [2.75, 3.05) is 20.1 Å². The normalized spacial score (nSPS) is 35.3. The molecule has 2 heteroatoms. The molecule has 2 aliphatic rings. The molecule has 1 aromatic carbocycles. The summed E-state index contributed by atoms with van der Waals surface area (Å²) >= 11 is 0. The Morgan fingerprint density at radius 3 is 2.68 bits per heavy atom. The van der Waals surface area contributed by atoms with Crippen molar-refractivity contribution in [2.24, 2.45) is 11.8 Å². The number of likely N-dealkylation sites (tertiary alicyclic amines) is 1. The quantitative estimate of drug-likeness (QED) is 0.877. The maximum atomic E-state index is 3.55. The second-order valence-electron chi connectivity index (χ2n) is 6.47. The highest BCUT2D eigenvalue weighted by molar-refractivity contribution is 5.37. The average molecular weight is 258 g/mol. The SMILES string of the molecule is CNC1c2ccccc2CC1N1CCC(C)C(C)C1. The Morgan fingerprint density at radius 1 is 1.16 bits per heavy atom. The van der Waals surface area contributed by atoms with Gasteiger partial charge >= 0.3 is 0 Å². The van der Waals surface area contributed by atoms with Crippen LogP contribution >= 0.6 is 0 Å². The number of nitrogens with zero attached hydrogens (tertiary/aromatic N) is 1. The lowest BCUT2D eigenvalue weighted by atomic mass is 9.87. The largest absolute Gasteiger partial charge is 0.312 e. The molecule has 0 spiro atoms. The molecule has 1 aromatic rings. The fourth-order valence-corrected chi connectivity index (χ4v) is 3.86. The minimum atomic E-state index is 0.511. The van der Waals surface area contributed by atoms with Crippen molar-refractivity contribution in [3.63, 3.8) is 0 Å². The summed E-state index contributed by atoms with van der Waals surface area (Å²) in [6, 6.07) is 10.1. The minimum Gasteiger partial charge on any atom is -0.312 e. The Balaban J connectivity index is 1.80. The molecule has 1 saturated heterocycles. The standard InChI is InChI=1S/C17H26N2/c1-12-8-9-19(11-13(12)2)16-10-14-6-4-5-7-15(14)17(16)18-3/h4-7,12-13,16-18H,8-11H2,1-3H3. The number of nitrogens with one attached hydrogen (secondary N) is 1. The van der Waals surface area contributed by atoms with Crippen LogP contribution in [0.1, 0.15) is 37.4 Å². The van der Waals surface area contributed by atoms with Gasteiger partial charge in [-0.25, -0.2) is 0 Å². The topological polar surface area (TPSA) is 15.3 Å². The molecule has 0 saturated carbocycles. The first-order valence-electron chi connectivity index (χ1n) is 7.70. The van der Waals surface area contributed by atoms with E-state index in [2.05, 4.69) is 55.4 Å². The van der Waals surface area contributed by atoms with E-state index in [1.807, 2.05) is 0 Å². The van der Waals surface area contributed by atoms with Crippen LogP contribution in [-0.2, 0) is 6.42 Å². The highest BCUT2D eigenvalue weighted by Crippen LogP contribution is 2.36. The molecule has 1 fully saturated rings. The van der Waals surface area contributed by atoms with Crippen LogP contribution in [0, 0.1) is 11.8 Å². The van der Waals surface area contributed by atoms with Crippen LogP contribution in [0.25, 0.3) is 0 Å². The third-order valence-corrected chi connectivity index (χ3v) is 5.35. The fraction of sp³-hybridized carbons (Fsp3) is 0.647. The summed E-state index contributed by atoms with van der Waals surface area (Å²) in [5, 5.41) is 3.55. The van der Waals surface area contributed by atoms with Crippen LogP contribution in [-0.4, -0.2) is 31.1 Å². The first kappa shape index (κ1) is 13.1. The Kier molecular flexibility index (Phi) is 3.64. The molecule has 1 aliphatic heterocycles. The zero-order valence-electron chi connectivity index (χ0n) is 12.4. The third kappa shape index (κ3) is 2.32. The van der Waals surface area contributed by atoms with Gasteiger partial charge in [-0.3, -0.25) is 4.90 Å². The summed E-state index contributed by atoms with van der Waals surface area (Å²) in [6.07, 6.45) is 2.56. The van der Waals surface area contributed by atoms with Crippen molar-refractivity contribution in [1.82, 2.24) is 10.2 Å². The van der Waals surface area contributed by atoms with Crippen LogP contribution in [0.5, 0.6) is 0 Å². The Bertz CT molecular complexity index is 443. The van der Waals surface area contributed by atoms with Gasteiger partial charge in [-0.15, -0.1) is 0 Å². The molecule has 1 N–H and O–H groups in total. The number of hydrogen-bond donors (Lipinski definition) is 1. The van der Waals surface area contributed by atoms with E-state index in [1.165, 1.54) is 37.1 Å². The number of rotatable bonds is 2. The van der Waals surface area contributed by atoms with Gasteiger partial charge in [0.1, 0.15) is 0 Å². The molecular weight excluding hydrogens is 232 g/mol. The molecule has 4 atom stereocenters. The van der Waals surface area contributed by atoms with E-state index in [1.54, 1.807) is 0 Å². The van der Waals surface area contributed by atoms with Crippen molar-refractivity contribution in [3.8, 4) is 0 Å². The van der Waals surface area contributed by atoms with E-state index in [0.29, 0.717) is 12.1 Å². The van der Waals surface area contributed by atoms with Gasteiger partial charge in [-0.2, -0.15) is 0 Å². The van der Waals surface area contributed by atoms with Crippen molar-refractivity contribution < 1.29 is 0 Å². The highest BCUT2D eigenvalue weighted by atomic mass is 15.2. The summed E-state index contributed by atoms with van der Waals surface area (Å²) in [4.78, 5) is 2.73. The summed E-state index contributed by atoms with van der Waals surface area (Å²) in [6.45, 7) is 7.34. The summed E-state index contributed by atoms with van der Waals surface area (Å²) in [5.41, 5.74) is 3.06. The predicted molar refractivity (Wildman–Crippen MR) is 80.3 cm³/mol. The molecule has 1 aliphatic carbocycles. The molecule has 104 valence electrons. The number of benzene rings is 1. The van der Waals surface area contributed by atoms with Gasteiger partial charge in [-0.1, -0.05) is 38.1 Å². The van der Waals surface area contributed by atoms with E-state index >= 15 is 0 Å². The third-order valence-electron chi connectivity index (χ3n) is 5.35. The first-order chi connectivity index (χ1) is 9.20. The van der Waals surface area contributed by atoms with Crippen molar-refractivity contribution >= 4 is 0 Å². The lowest BCUT2D eigenvalue weighted by Gasteiger charge is -2.41. The lowest BCUT2D eigenvalue weighted by molar-refractivity contribution is 0.0829. The van der Waals surface area contributed by atoms with Gasteiger partial charge in [0.2, 0.25) is 0 Å². The number of fused-ring (bicyclic) bond motifs is 1. The number of piperidine rings is 1. The second-order valence-corrected chi connectivity index (χ2v) is 6.47.